The van der Waals surface area contributed by atoms with Crippen molar-refractivity contribution >= 4 is 28.6 Å². The third-order valence-electron chi connectivity index (χ3n) is 3.72. The predicted molar refractivity (Wildman–Crippen MR) is 103 cm³/mol. The maximum absolute atomic E-state index is 12.2. The van der Waals surface area contributed by atoms with Crippen molar-refractivity contribution in [2.75, 3.05) is 6.54 Å². The van der Waals surface area contributed by atoms with Crippen LogP contribution in [-0.2, 0) is 6.54 Å². The minimum atomic E-state index is -0.202. The van der Waals surface area contributed by atoms with E-state index in [0.29, 0.717) is 23.7 Å². The highest BCUT2D eigenvalue weighted by atomic mass is 32.1. The number of thiazole rings is 2. The molecule has 0 spiro atoms. The molecule has 3 aromatic heterocycles. The Balaban J connectivity index is 1.71. The minimum absolute atomic E-state index is 0.175. The summed E-state index contributed by atoms with van der Waals surface area (Å²) in [4.78, 5) is 34.5. The topological polar surface area (TPSA) is 89.8 Å². The molecule has 0 aromatic carbocycles. The molecule has 0 unspecified atom stereocenters. The molecule has 0 aliphatic heterocycles. The van der Waals surface area contributed by atoms with Gasteiger partial charge in [0.2, 0.25) is 0 Å². The Morgan fingerprint density at radius 2 is 1.77 bits per heavy atom. The van der Waals surface area contributed by atoms with Crippen LogP contribution in [-0.4, -0.2) is 32.2 Å². The van der Waals surface area contributed by atoms with Gasteiger partial charge in [0.25, 0.3) is 11.5 Å². The Morgan fingerprint density at radius 3 is 2.38 bits per heavy atom. The summed E-state index contributed by atoms with van der Waals surface area (Å²) in [6.07, 6.45) is 0. The van der Waals surface area contributed by atoms with Crippen molar-refractivity contribution in [2.45, 2.75) is 34.2 Å². The van der Waals surface area contributed by atoms with Crippen molar-refractivity contribution in [3.05, 3.63) is 48.8 Å². The molecule has 0 aliphatic carbocycles. The van der Waals surface area contributed by atoms with Crippen molar-refractivity contribution in [3.8, 4) is 10.6 Å². The summed E-state index contributed by atoms with van der Waals surface area (Å²) in [6.45, 7) is 8.16. The van der Waals surface area contributed by atoms with Crippen LogP contribution in [0.3, 0.4) is 0 Å². The van der Waals surface area contributed by atoms with Crippen molar-refractivity contribution in [3.63, 3.8) is 0 Å². The highest BCUT2D eigenvalue weighted by Gasteiger charge is 2.14. The number of nitrogens with zero attached hydrogens (tertiary/aromatic N) is 4. The lowest BCUT2D eigenvalue weighted by Crippen LogP contribution is -2.31. The maximum atomic E-state index is 12.2. The summed E-state index contributed by atoms with van der Waals surface area (Å²) in [5, 5.41) is 9.06. The lowest BCUT2D eigenvalue weighted by molar-refractivity contribution is 0.0955. The van der Waals surface area contributed by atoms with Gasteiger partial charge in [0.15, 0.2) is 0 Å². The first kappa shape index (κ1) is 18.4. The predicted octanol–water partition coefficient (Wildman–Crippen LogP) is 2.49. The molecule has 26 heavy (non-hydrogen) atoms. The van der Waals surface area contributed by atoms with Gasteiger partial charge in [0, 0.05) is 12.6 Å². The average molecular weight is 390 g/mol. The molecule has 0 fully saturated rings. The molecule has 7 nitrogen and oxygen atoms in total. The largest absolute Gasteiger partial charge is 0.349 e. The first-order chi connectivity index (χ1) is 12.3. The Kier molecular flexibility index (Phi) is 5.28. The number of aromatic nitrogens is 4. The van der Waals surface area contributed by atoms with Gasteiger partial charge in [-0.25, -0.2) is 14.6 Å². The van der Waals surface area contributed by atoms with E-state index in [0.717, 1.165) is 26.3 Å². The lowest BCUT2D eigenvalue weighted by Gasteiger charge is -2.07. The molecular weight excluding hydrogens is 370 g/mol. The fourth-order valence-corrected chi connectivity index (χ4v) is 4.32. The summed E-state index contributed by atoms with van der Waals surface area (Å²) in [5.74, 6) is -0.175. The summed E-state index contributed by atoms with van der Waals surface area (Å²) >= 11 is 2.91. The molecule has 136 valence electrons. The quantitative estimate of drug-likeness (QED) is 0.724. The standard InChI is InChI=1S/C17H19N5O2S2/c1-9-15(25-11(3)19-9)13-5-6-14(23)22(21-13)8-7-18-17(24)16-10(2)20-12(4)26-16/h5-6H,7-8H2,1-4H3,(H,18,24). The van der Waals surface area contributed by atoms with E-state index >= 15 is 0 Å². The van der Waals surface area contributed by atoms with Gasteiger partial charge in [-0.05, 0) is 33.8 Å². The highest BCUT2D eigenvalue weighted by molar-refractivity contribution is 7.15. The van der Waals surface area contributed by atoms with E-state index in [9.17, 15) is 9.59 Å². The number of amides is 1. The zero-order chi connectivity index (χ0) is 18.8. The van der Waals surface area contributed by atoms with Crippen LogP contribution in [0.1, 0.15) is 31.1 Å². The van der Waals surface area contributed by atoms with Gasteiger partial charge in [-0.2, -0.15) is 5.10 Å². The average Bonchev–Trinajstić information content (AvgIpc) is 3.09. The van der Waals surface area contributed by atoms with Crippen molar-refractivity contribution < 1.29 is 4.79 Å². The van der Waals surface area contributed by atoms with E-state index in [1.807, 2.05) is 27.7 Å². The molecular formula is C17H19N5O2S2. The molecule has 3 rings (SSSR count). The second-order valence-corrected chi connectivity index (χ2v) is 8.24. The Bertz CT molecular complexity index is 1020. The van der Waals surface area contributed by atoms with Crippen molar-refractivity contribution in [1.29, 1.82) is 0 Å². The third kappa shape index (κ3) is 3.88. The molecule has 9 heteroatoms. The van der Waals surface area contributed by atoms with Crippen LogP contribution >= 0.6 is 22.7 Å². The SMILES string of the molecule is Cc1nc(C)c(C(=O)NCCn2nc(-c3sc(C)nc3C)ccc2=O)s1. The Labute approximate surface area is 158 Å². The second-order valence-electron chi connectivity index (χ2n) is 5.83. The molecule has 1 N–H and O–H groups in total. The van der Waals surface area contributed by atoms with Crippen LogP contribution in [0.15, 0.2) is 16.9 Å². The van der Waals surface area contributed by atoms with Crippen LogP contribution < -0.4 is 10.9 Å². The van der Waals surface area contributed by atoms with E-state index in [-0.39, 0.29) is 11.5 Å². The summed E-state index contributed by atoms with van der Waals surface area (Å²) in [7, 11) is 0. The van der Waals surface area contributed by atoms with Gasteiger partial charge < -0.3 is 5.32 Å². The molecule has 3 aromatic rings. The minimum Gasteiger partial charge on any atom is -0.349 e. The molecule has 0 radical (unpaired) electrons. The van der Waals surface area contributed by atoms with Crippen LogP contribution in [0.5, 0.6) is 0 Å². The van der Waals surface area contributed by atoms with Crippen LogP contribution in [0.4, 0.5) is 0 Å². The molecule has 0 atom stereocenters. The van der Waals surface area contributed by atoms with E-state index in [1.165, 1.54) is 22.1 Å². The fourth-order valence-electron chi connectivity index (χ4n) is 2.60. The van der Waals surface area contributed by atoms with E-state index in [4.69, 9.17) is 0 Å². The summed E-state index contributed by atoms with van der Waals surface area (Å²) in [6, 6.07) is 3.20. The van der Waals surface area contributed by atoms with Crippen molar-refractivity contribution in [2.24, 2.45) is 0 Å². The van der Waals surface area contributed by atoms with Crippen molar-refractivity contribution in [1.82, 2.24) is 25.1 Å². The summed E-state index contributed by atoms with van der Waals surface area (Å²) < 4.78 is 1.37. The van der Waals surface area contributed by atoms with Gasteiger partial charge in [0.1, 0.15) is 10.6 Å². The number of aryl methyl sites for hydroxylation is 4. The number of carbonyl (C=O) groups excluding carboxylic acids is 1. The number of hydrogen-bond donors (Lipinski definition) is 1. The van der Waals surface area contributed by atoms with Gasteiger partial charge in [0.05, 0.1) is 32.8 Å². The number of hydrogen-bond acceptors (Lipinski definition) is 7. The molecule has 0 saturated carbocycles. The van der Waals surface area contributed by atoms with Crippen LogP contribution in [0.25, 0.3) is 10.6 Å². The molecule has 1 amide bonds. The molecule has 0 bridgehead atoms. The van der Waals surface area contributed by atoms with E-state index < -0.39 is 0 Å². The second kappa shape index (κ2) is 7.46. The first-order valence-electron chi connectivity index (χ1n) is 8.10. The Hall–Kier alpha value is -2.39. The monoisotopic (exact) mass is 389 g/mol. The Morgan fingerprint density at radius 1 is 1.08 bits per heavy atom. The first-order valence-corrected chi connectivity index (χ1v) is 9.73. The van der Waals surface area contributed by atoms with Gasteiger partial charge in [-0.15, -0.1) is 22.7 Å². The normalized spacial score (nSPS) is 10.9. The van der Waals surface area contributed by atoms with Crippen LogP contribution in [0, 0.1) is 27.7 Å². The molecule has 0 aliphatic rings. The number of rotatable bonds is 5. The number of carbonyl (C=O) groups is 1. The van der Waals surface area contributed by atoms with Gasteiger partial charge >= 0.3 is 0 Å². The lowest BCUT2D eigenvalue weighted by atomic mass is 10.3. The third-order valence-corrected chi connectivity index (χ3v) is 5.89. The zero-order valence-electron chi connectivity index (χ0n) is 15.0. The fraction of sp³-hybridized carbons (Fsp3) is 0.353. The van der Waals surface area contributed by atoms with E-state index in [1.54, 1.807) is 17.4 Å². The van der Waals surface area contributed by atoms with Gasteiger partial charge in [-0.1, -0.05) is 0 Å². The van der Waals surface area contributed by atoms with Crippen LogP contribution in [0.2, 0.25) is 0 Å². The maximum Gasteiger partial charge on any atom is 0.266 e. The van der Waals surface area contributed by atoms with Gasteiger partial charge in [-0.3, -0.25) is 9.59 Å². The smallest absolute Gasteiger partial charge is 0.266 e. The zero-order valence-corrected chi connectivity index (χ0v) is 16.6. The summed E-state index contributed by atoms with van der Waals surface area (Å²) in [5.41, 5.74) is 2.13. The molecule has 0 saturated heterocycles. The molecule has 3 heterocycles. The van der Waals surface area contributed by atoms with E-state index in [2.05, 4.69) is 20.4 Å². The number of nitrogens with one attached hydrogen (secondary N) is 1. The highest BCUT2D eigenvalue weighted by Crippen LogP contribution is 2.27.